The van der Waals surface area contributed by atoms with Gasteiger partial charge >= 0.3 is 11.8 Å². The minimum Gasteiger partial charge on any atom is -0.489 e. The molecule has 164 valence electrons. The maximum atomic E-state index is 12.0. The zero-order valence-corrected chi connectivity index (χ0v) is 18.7. The monoisotopic (exact) mass is 469 g/mol. The highest BCUT2D eigenvalue weighted by Gasteiger charge is 2.16. The standard InChI is InChI=1S/C24H21Cl2N3O3/c1-16(18-5-3-2-4-6-18)28-23(30)24(31)29-27-14-17-7-11-21(12-8-17)32-15-19-9-10-20(25)13-22(19)26/h2-14,16H,15H2,1H3,(H,28,30)(H,29,31)/b27-14-/t16-/m0/s1. The van der Waals surface area contributed by atoms with Crippen LogP contribution in [0.5, 0.6) is 5.75 Å². The van der Waals surface area contributed by atoms with Gasteiger partial charge in [-0.1, -0.05) is 59.6 Å². The lowest BCUT2D eigenvalue weighted by Gasteiger charge is -2.13. The summed E-state index contributed by atoms with van der Waals surface area (Å²) >= 11 is 12.0. The number of carbonyl (C=O) groups is 2. The zero-order chi connectivity index (χ0) is 22.9. The molecule has 0 saturated heterocycles. The van der Waals surface area contributed by atoms with Crippen molar-refractivity contribution in [2.24, 2.45) is 5.10 Å². The molecule has 0 saturated carbocycles. The Hall–Kier alpha value is -3.35. The number of rotatable bonds is 7. The molecule has 0 radical (unpaired) electrons. The maximum absolute atomic E-state index is 12.0. The first-order valence-corrected chi connectivity index (χ1v) is 10.5. The van der Waals surface area contributed by atoms with E-state index < -0.39 is 11.8 Å². The van der Waals surface area contributed by atoms with E-state index in [9.17, 15) is 9.59 Å². The zero-order valence-electron chi connectivity index (χ0n) is 17.2. The summed E-state index contributed by atoms with van der Waals surface area (Å²) < 4.78 is 5.72. The molecule has 0 bridgehead atoms. The summed E-state index contributed by atoms with van der Waals surface area (Å²) in [5, 5.41) is 7.57. The summed E-state index contributed by atoms with van der Waals surface area (Å²) in [6.07, 6.45) is 1.44. The van der Waals surface area contributed by atoms with E-state index >= 15 is 0 Å². The Kier molecular flexibility index (Phi) is 8.25. The summed E-state index contributed by atoms with van der Waals surface area (Å²) in [5.41, 5.74) is 4.67. The third kappa shape index (κ3) is 6.83. The van der Waals surface area contributed by atoms with Crippen molar-refractivity contribution in [3.05, 3.63) is 99.5 Å². The van der Waals surface area contributed by atoms with E-state index in [0.717, 1.165) is 16.7 Å². The SMILES string of the molecule is C[C@H](NC(=O)C(=O)N/N=C\c1ccc(OCc2ccc(Cl)cc2Cl)cc1)c1ccccc1. The molecule has 0 aliphatic rings. The van der Waals surface area contributed by atoms with Crippen LogP contribution in [0.15, 0.2) is 77.9 Å². The molecule has 0 fully saturated rings. The Labute approximate surface area is 196 Å². The average Bonchev–Trinajstić information content (AvgIpc) is 2.80. The molecule has 3 aromatic carbocycles. The van der Waals surface area contributed by atoms with Gasteiger partial charge in [-0.2, -0.15) is 5.10 Å². The van der Waals surface area contributed by atoms with Gasteiger partial charge < -0.3 is 10.1 Å². The van der Waals surface area contributed by atoms with E-state index in [1.165, 1.54) is 6.21 Å². The number of benzene rings is 3. The van der Waals surface area contributed by atoms with E-state index in [0.29, 0.717) is 22.4 Å². The molecule has 0 aromatic heterocycles. The highest BCUT2D eigenvalue weighted by molar-refractivity contribution is 6.35. The van der Waals surface area contributed by atoms with Crippen molar-refractivity contribution in [3.8, 4) is 5.75 Å². The molecule has 2 amide bonds. The van der Waals surface area contributed by atoms with Crippen molar-refractivity contribution < 1.29 is 14.3 Å². The maximum Gasteiger partial charge on any atom is 0.329 e. The van der Waals surface area contributed by atoms with Crippen molar-refractivity contribution in [2.75, 3.05) is 0 Å². The Bertz CT molecular complexity index is 1100. The van der Waals surface area contributed by atoms with Crippen LogP contribution in [0.25, 0.3) is 0 Å². The third-order valence-electron chi connectivity index (χ3n) is 4.52. The van der Waals surface area contributed by atoms with Gasteiger partial charge in [-0.15, -0.1) is 0 Å². The number of amides is 2. The van der Waals surface area contributed by atoms with Gasteiger partial charge in [-0.25, -0.2) is 5.43 Å². The number of hydrogen-bond donors (Lipinski definition) is 2. The first-order chi connectivity index (χ1) is 15.4. The molecule has 0 aliphatic carbocycles. The molecule has 0 aliphatic heterocycles. The second-order valence-electron chi connectivity index (χ2n) is 6.90. The number of ether oxygens (including phenoxy) is 1. The number of carbonyl (C=O) groups excluding carboxylic acids is 2. The van der Waals surface area contributed by atoms with Crippen LogP contribution < -0.4 is 15.5 Å². The quantitative estimate of drug-likeness (QED) is 0.293. The van der Waals surface area contributed by atoms with Gasteiger partial charge in [0.25, 0.3) is 0 Å². The van der Waals surface area contributed by atoms with Crippen molar-refractivity contribution in [1.82, 2.24) is 10.7 Å². The van der Waals surface area contributed by atoms with Crippen LogP contribution in [0.2, 0.25) is 10.0 Å². The summed E-state index contributed by atoms with van der Waals surface area (Å²) in [7, 11) is 0. The van der Waals surface area contributed by atoms with E-state index in [2.05, 4.69) is 15.8 Å². The predicted molar refractivity (Wildman–Crippen MR) is 126 cm³/mol. The Morgan fingerprint density at radius 3 is 2.41 bits per heavy atom. The van der Waals surface area contributed by atoms with Gasteiger partial charge in [0.05, 0.1) is 12.3 Å². The first kappa shape index (κ1) is 23.3. The molecule has 0 unspecified atom stereocenters. The lowest BCUT2D eigenvalue weighted by molar-refractivity contribution is -0.139. The van der Waals surface area contributed by atoms with E-state index in [1.807, 2.05) is 36.4 Å². The van der Waals surface area contributed by atoms with E-state index in [-0.39, 0.29) is 6.04 Å². The number of nitrogens with zero attached hydrogens (tertiary/aromatic N) is 1. The number of halogens is 2. The van der Waals surface area contributed by atoms with Gasteiger partial charge in [0.15, 0.2) is 0 Å². The normalized spacial score (nSPS) is 11.7. The van der Waals surface area contributed by atoms with Gasteiger partial charge in [0, 0.05) is 15.6 Å². The first-order valence-electron chi connectivity index (χ1n) is 9.78. The van der Waals surface area contributed by atoms with Crippen molar-refractivity contribution in [2.45, 2.75) is 19.6 Å². The largest absolute Gasteiger partial charge is 0.489 e. The summed E-state index contributed by atoms with van der Waals surface area (Å²) in [4.78, 5) is 24.0. The summed E-state index contributed by atoms with van der Waals surface area (Å²) in [5.74, 6) is -0.960. The topological polar surface area (TPSA) is 79.8 Å². The second-order valence-corrected chi connectivity index (χ2v) is 7.74. The molecule has 0 spiro atoms. The summed E-state index contributed by atoms with van der Waals surface area (Å²) in [6, 6.07) is 21.4. The number of hydrogen-bond acceptors (Lipinski definition) is 4. The fourth-order valence-corrected chi connectivity index (χ4v) is 3.22. The summed E-state index contributed by atoms with van der Waals surface area (Å²) in [6.45, 7) is 2.10. The molecule has 3 rings (SSSR count). The molecular formula is C24H21Cl2N3O3. The van der Waals surface area contributed by atoms with Gasteiger partial charge in [0.2, 0.25) is 0 Å². The third-order valence-corrected chi connectivity index (χ3v) is 5.11. The smallest absolute Gasteiger partial charge is 0.329 e. The van der Waals surface area contributed by atoms with Gasteiger partial charge in [-0.05, 0) is 54.4 Å². The van der Waals surface area contributed by atoms with E-state index in [1.54, 1.807) is 43.3 Å². The highest BCUT2D eigenvalue weighted by Crippen LogP contribution is 2.22. The minimum absolute atomic E-state index is 0.297. The Balaban J connectivity index is 1.46. The highest BCUT2D eigenvalue weighted by atomic mass is 35.5. The number of nitrogens with one attached hydrogen (secondary N) is 2. The van der Waals surface area contributed by atoms with Gasteiger partial charge in [0.1, 0.15) is 12.4 Å². The number of hydrazone groups is 1. The fourth-order valence-electron chi connectivity index (χ4n) is 2.75. The van der Waals surface area contributed by atoms with Crippen LogP contribution in [0.1, 0.15) is 29.7 Å². The van der Waals surface area contributed by atoms with E-state index in [4.69, 9.17) is 27.9 Å². The van der Waals surface area contributed by atoms with Crippen LogP contribution in [0.3, 0.4) is 0 Å². The van der Waals surface area contributed by atoms with Crippen molar-refractivity contribution >= 4 is 41.2 Å². The second kappa shape index (κ2) is 11.3. The van der Waals surface area contributed by atoms with Crippen molar-refractivity contribution in [1.29, 1.82) is 0 Å². The minimum atomic E-state index is -0.844. The van der Waals surface area contributed by atoms with Crippen LogP contribution >= 0.6 is 23.2 Å². The molecule has 0 heterocycles. The molecule has 6 nitrogen and oxygen atoms in total. The Morgan fingerprint density at radius 1 is 1.00 bits per heavy atom. The van der Waals surface area contributed by atoms with Gasteiger partial charge in [-0.3, -0.25) is 9.59 Å². The van der Waals surface area contributed by atoms with Crippen LogP contribution in [0, 0.1) is 0 Å². The molecule has 32 heavy (non-hydrogen) atoms. The molecule has 1 atom stereocenters. The van der Waals surface area contributed by atoms with Crippen LogP contribution in [0.4, 0.5) is 0 Å². The van der Waals surface area contributed by atoms with Crippen LogP contribution in [-0.4, -0.2) is 18.0 Å². The molecule has 2 N–H and O–H groups in total. The van der Waals surface area contributed by atoms with Crippen molar-refractivity contribution in [3.63, 3.8) is 0 Å². The lowest BCUT2D eigenvalue weighted by atomic mass is 10.1. The molecular weight excluding hydrogens is 449 g/mol. The fraction of sp³-hybridized carbons (Fsp3) is 0.125. The molecule has 8 heteroatoms. The lowest BCUT2D eigenvalue weighted by Crippen LogP contribution is -2.39. The Morgan fingerprint density at radius 2 is 1.72 bits per heavy atom. The molecule has 3 aromatic rings. The van der Waals surface area contributed by atoms with Crippen LogP contribution in [-0.2, 0) is 16.2 Å². The predicted octanol–water partition coefficient (Wildman–Crippen LogP) is 4.90. The average molecular weight is 470 g/mol.